The number of benzene rings is 1. The first-order valence-corrected chi connectivity index (χ1v) is 7.39. The quantitative estimate of drug-likeness (QED) is 0.726. The van der Waals surface area contributed by atoms with Gasteiger partial charge in [0.1, 0.15) is 5.82 Å². The fraction of sp³-hybridized carbons (Fsp3) is 0.250. The molecule has 1 heterocycles. The number of aromatic amines is 1. The molecule has 0 saturated carbocycles. The Hall–Kier alpha value is -1.77. The Kier molecular flexibility index (Phi) is 4.48. The standard InChI is InChI=1S/C12H14FN3O3S/c13-11-4-2-1-3-9(11)5-6-15-20(18,19)12-10(8-17)7-14-16-12/h1-4,7,15,17H,5-6,8H2,(H,14,16). The number of aromatic nitrogens is 2. The topological polar surface area (TPSA) is 95.1 Å². The van der Waals surface area contributed by atoms with E-state index >= 15 is 0 Å². The molecule has 0 radical (unpaired) electrons. The van der Waals surface area contributed by atoms with Crippen molar-refractivity contribution in [3.05, 3.63) is 47.4 Å². The first kappa shape index (κ1) is 14.6. The lowest BCUT2D eigenvalue weighted by Gasteiger charge is -2.07. The average molecular weight is 299 g/mol. The minimum absolute atomic E-state index is 0.0488. The van der Waals surface area contributed by atoms with Gasteiger partial charge in [0.25, 0.3) is 10.0 Å². The number of H-pyrrole nitrogens is 1. The van der Waals surface area contributed by atoms with Gasteiger partial charge in [-0.25, -0.2) is 17.5 Å². The molecule has 0 unspecified atom stereocenters. The first-order chi connectivity index (χ1) is 9.54. The predicted octanol–water partition coefficient (Wildman–Crippen LogP) is 0.562. The van der Waals surface area contributed by atoms with Crippen LogP contribution in [0, 0.1) is 5.82 Å². The summed E-state index contributed by atoms with van der Waals surface area (Å²) in [6, 6.07) is 6.17. The van der Waals surface area contributed by atoms with Crippen LogP contribution in [-0.4, -0.2) is 30.3 Å². The molecule has 0 bridgehead atoms. The molecule has 20 heavy (non-hydrogen) atoms. The van der Waals surface area contributed by atoms with E-state index in [2.05, 4.69) is 14.9 Å². The van der Waals surface area contributed by atoms with Crippen LogP contribution < -0.4 is 4.72 Å². The molecule has 0 fully saturated rings. The van der Waals surface area contributed by atoms with Crippen molar-refractivity contribution in [1.29, 1.82) is 0 Å². The zero-order valence-electron chi connectivity index (χ0n) is 10.5. The van der Waals surface area contributed by atoms with Crippen LogP contribution in [0.15, 0.2) is 35.5 Å². The van der Waals surface area contributed by atoms with E-state index in [9.17, 15) is 12.8 Å². The maximum atomic E-state index is 13.4. The van der Waals surface area contributed by atoms with Crippen molar-refractivity contribution in [2.45, 2.75) is 18.1 Å². The van der Waals surface area contributed by atoms with E-state index in [4.69, 9.17) is 5.11 Å². The van der Waals surface area contributed by atoms with Crippen LogP contribution in [-0.2, 0) is 23.1 Å². The number of hydrogen-bond donors (Lipinski definition) is 3. The highest BCUT2D eigenvalue weighted by molar-refractivity contribution is 7.89. The maximum Gasteiger partial charge on any atom is 0.257 e. The lowest BCUT2D eigenvalue weighted by atomic mass is 10.1. The van der Waals surface area contributed by atoms with Gasteiger partial charge in [0.2, 0.25) is 0 Å². The minimum atomic E-state index is -3.79. The molecule has 0 atom stereocenters. The number of rotatable bonds is 6. The third kappa shape index (κ3) is 3.21. The van der Waals surface area contributed by atoms with Gasteiger partial charge >= 0.3 is 0 Å². The molecule has 0 saturated heterocycles. The zero-order valence-corrected chi connectivity index (χ0v) is 11.3. The third-order valence-electron chi connectivity index (χ3n) is 2.76. The summed E-state index contributed by atoms with van der Waals surface area (Å²) in [5.74, 6) is -0.371. The van der Waals surface area contributed by atoms with Gasteiger partial charge in [-0.2, -0.15) is 5.10 Å². The lowest BCUT2D eigenvalue weighted by molar-refractivity contribution is 0.278. The van der Waals surface area contributed by atoms with Crippen LogP contribution in [0.2, 0.25) is 0 Å². The molecular weight excluding hydrogens is 285 g/mol. The fourth-order valence-corrected chi connectivity index (χ4v) is 2.89. The van der Waals surface area contributed by atoms with Crippen molar-refractivity contribution in [2.24, 2.45) is 0 Å². The molecule has 0 aliphatic rings. The number of sulfonamides is 1. The summed E-state index contributed by atoms with van der Waals surface area (Å²) < 4.78 is 39.6. The Morgan fingerprint density at radius 3 is 2.75 bits per heavy atom. The Balaban J connectivity index is 2.02. The van der Waals surface area contributed by atoms with Crippen molar-refractivity contribution < 1.29 is 17.9 Å². The molecular formula is C12H14FN3O3S. The third-order valence-corrected chi connectivity index (χ3v) is 4.24. The van der Waals surface area contributed by atoms with E-state index in [1.807, 2.05) is 0 Å². The van der Waals surface area contributed by atoms with Crippen molar-refractivity contribution >= 4 is 10.0 Å². The van der Waals surface area contributed by atoms with Gasteiger partial charge in [-0.15, -0.1) is 0 Å². The summed E-state index contributed by atoms with van der Waals surface area (Å²) in [5.41, 5.74) is 0.616. The molecule has 0 amide bonds. The van der Waals surface area contributed by atoms with Crippen molar-refractivity contribution in [3.8, 4) is 0 Å². The molecule has 1 aromatic heterocycles. The maximum absolute atomic E-state index is 13.4. The van der Waals surface area contributed by atoms with Crippen LogP contribution in [0.25, 0.3) is 0 Å². The smallest absolute Gasteiger partial charge is 0.257 e. The van der Waals surface area contributed by atoms with Gasteiger partial charge < -0.3 is 5.11 Å². The van der Waals surface area contributed by atoms with Crippen LogP contribution in [0.3, 0.4) is 0 Å². The number of aliphatic hydroxyl groups excluding tert-OH is 1. The molecule has 6 nitrogen and oxygen atoms in total. The molecule has 3 N–H and O–H groups in total. The molecule has 2 rings (SSSR count). The van der Waals surface area contributed by atoms with Gasteiger partial charge in [0.05, 0.1) is 12.8 Å². The lowest BCUT2D eigenvalue weighted by Crippen LogP contribution is -2.27. The number of halogens is 1. The zero-order chi connectivity index (χ0) is 14.6. The normalized spacial score (nSPS) is 11.7. The van der Waals surface area contributed by atoms with Crippen LogP contribution in [0.5, 0.6) is 0 Å². The van der Waals surface area contributed by atoms with Crippen molar-refractivity contribution in [3.63, 3.8) is 0 Å². The number of hydrogen-bond acceptors (Lipinski definition) is 4. The molecule has 0 aliphatic heterocycles. The van der Waals surface area contributed by atoms with Crippen molar-refractivity contribution in [2.75, 3.05) is 6.54 Å². The summed E-state index contributed by atoms with van der Waals surface area (Å²) in [4.78, 5) is 0. The molecule has 8 heteroatoms. The molecule has 0 spiro atoms. The second-order valence-corrected chi connectivity index (χ2v) is 5.83. The molecule has 2 aromatic rings. The van der Waals surface area contributed by atoms with Gasteiger partial charge in [-0.05, 0) is 18.1 Å². The number of nitrogens with one attached hydrogen (secondary N) is 2. The summed E-state index contributed by atoms with van der Waals surface area (Å²) in [7, 11) is -3.79. The Morgan fingerprint density at radius 2 is 2.05 bits per heavy atom. The fourth-order valence-electron chi connectivity index (χ4n) is 1.74. The summed E-state index contributed by atoms with van der Waals surface area (Å²) in [5, 5.41) is 14.7. The van der Waals surface area contributed by atoms with E-state index in [0.717, 1.165) is 0 Å². The Labute approximate surface area is 115 Å². The Morgan fingerprint density at radius 1 is 1.30 bits per heavy atom. The molecule has 0 aliphatic carbocycles. The van der Waals surface area contributed by atoms with E-state index in [1.165, 1.54) is 12.3 Å². The summed E-state index contributed by atoms with van der Waals surface area (Å²) in [6.45, 7) is -0.382. The highest BCUT2D eigenvalue weighted by Gasteiger charge is 2.19. The van der Waals surface area contributed by atoms with Gasteiger partial charge in [0, 0.05) is 12.1 Å². The predicted molar refractivity (Wildman–Crippen MR) is 69.8 cm³/mol. The van der Waals surface area contributed by atoms with Gasteiger partial charge in [0.15, 0.2) is 5.03 Å². The van der Waals surface area contributed by atoms with Crippen LogP contribution >= 0.6 is 0 Å². The second-order valence-electron chi connectivity index (χ2n) is 4.12. The second kappa shape index (κ2) is 6.12. The van der Waals surface area contributed by atoms with E-state index in [-0.39, 0.29) is 29.4 Å². The monoisotopic (exact) mass is 299 g/mol. The largest absolute Gasteiger partial charge is 0.392 e. The molecule has 108 valence electrons. The van der Waals surface area contributed by atoms with E-state index in [0.29, 0.717) is 5.56 Å². The van der Waals surface area contributed by atoms with E-state index < -0.39 is 16.6 Å². The minimum Gasteiger partial charge on any atom is -0.392 e. The van der Waals surface area contributed by atoms with Gasteiger partial charge in [-0.3, -0.25) is 5.10 Å². The highest BCUT2D eigenvalue weighted by atomic mass is 32.2. The van der Waals surface area contributed by atoms with Crippen LogP contribution in [0.1, 0.15) is 11.1 Å². The van der Waals surface area contributed by atoms with E-state index in [1.54, 1.807) is 18.2 Å². The summed E-state index contributed by atoms with van der Waals surface area (Å²) in [6.07, 6.45) is 1.47. The van der Waals surface area contributed by atoms with Crippen LogP contribution in [0.4, 0.5) is 4.39 Å². The summed E-state index contributed by atoms with van der Waals surface area (Å²) >= 11 is 0. The molecule has 1 aromatic carbocycles. The number of nitrogens with zero attached hydrogens (tertiary/aromatic N) is 1. The highest BCUT2D eigenvalue weighted by Crippen LogP contribution is 2.12. The van der Waals surface area contributed by atoms with Crippen molar-refractivity contribution in [1.82, 2.24) is 14.9 Å². The first-order valence-electron chi connectivity index (χ1n) is 5.91. The number of aliphatic hydroxyl groups is 1. The van der Waals surface area contributed by atoms with Gasteiger partial charge in [-0.1, -0.05) is 18.2 Å². The Bertz CT molecular complexity index is 685. The SMILES string of the molecule is O=S(=O)(NCCc1ccccc1F)c1[nH]ncc1CO. The average Bonchev–Trinajstić information content (AvgIpc) is 2.90.